The number of nitrogens with two attached hydrogens (primary N) is 1. The van der Waals surface area contributed by atoms with Crippen molar-refractivity contribution in [3.63, 3.8) is 0 Å². The number of hydrogen-bond acceptors (Lipinski definition) is 10. The Labute approximate surface area is 302 Å². The second-order valence-corrected chi connectivity index (χ2v) is 22.2. The van der Waals surface area contributed by atoms with E-state index >= 15 is 0 Å². The van der Waals surface area contributed by atoms with Crippen LogP contribution in [0.15, 0.2) is 91.0 Å². The number of nitrogens with one attached hydrogen (secondary N) is 3. The summed E-state index contributed by atoms with van der Waals surface area (Å²) in [4.78, 5) is 62.3. The minimum absolute atomic E-state index is 0.0192. The number of benzene rings is 3. The van der Waals surface area contributed by atoms with E-state index in [0.29, 0.717) is 6.29 Å². The van der Waals surface area contributed by atoms with E-state index in [9.17, 15) is 24.0 Å². The van der Waals surface area contributed by atoms with Crippen LogP contribution < -0.4 is 37.6 Å². The zero-order valence-corrected chi connectivity index (χ0v) is 31.5. The number of carbonyl (C=O) groups excluding carboxylic acids is 5. The molecule has 0 aliphatic carbocycles. The Hall–Kier alpha value is -3.42. The molecule has 5 N–H and O–H groups in total. The third-order valence-electron chi connectivity index (χ3n) is 7.52. The first-order valence-corrected chi connectivity index (χ1v) is 22.4. The van der Waals surface area contributed by atoms with Crippen LogP contribution in [-0.2, 0) is 33.4 Å². The van der Waals surface area contributed by atoms with Gasteiger partial charge in [0.2, 0.25) is 0 Å². The summed E-state index contributed by atoms with van der Waals surface area (Å²) in [6.07, 6.45) is 0.211. The number of amides is 3. The van der Waals surface area contributed by atoms with Crippen LogP contribution in [-0.4, -0.2) is 79.8 Å². The standard InChI is InChI=1S/C34H42BrN4O7PS2/c1-3-46-32(42)21-37-33(43)29(39-30(40)20-19-28(36)34(44)45-2)22-48-49-23-31(41)38-24-47(35,25-13-7-4-8-14-25,26-15-9-5-10-16-26)27-17-11-6-12-18-27/h4-18,28-29H,3,19-24,36H2,1-2H3,(H,37,43)(H,38,41)(H,39,40). The molecule has 0 aromatic heterocycles. The topological polar surface area (TPSA) is 166 Å². The second kappa shape index (κ2) is 19.7. The van der Waals surface area contributed by atoms with Crippen LogP contribution in [0.3, 0.4) is 0 Å². The van der Waals surface area contributed by atoms with E-state index in [-0.39, 0.29) is 43.4 Å². The first-order valence-electron chi connectivity index (χ1n) is 15.5. The normalized spacial score (nSPS) is 13.1. The monoisotopic (exact) mass is 792 g/mol. The fraction of sp³-hybridized carbons (Fsp3) is 0.324. The van der Waals surface area contributed by atoms with Gasteiger partial charge in [-0.2, -0.15) is 0 Å². The third-order valence-corrected chi connectivity index (χ3v) is 19.1. The van der Waals surface area contributed by atoms with Gasteiger partial charge in [-0.15, -0.1) is 0 Å². The van der Waals surface area contributed by atoms with Crippen LogP contribution in [0.1, 0.15) is 19.8 Å². The first kappa shape index (κ1) is 40.0. The zero-order valence-electron chi connectivity index (χ0n) is 27.3. The Bertz CT molecular complexity index is 1460. The van der Waals surface area contributed by atoms with E-state index < -0.39 is 41.1 Å². The van der Waals surface area contributed by atoms with Crippen LogP contribution in [0, 0.1) is 0 Å². The Kier molecular flexibility index (Phi) is 16.1. The summed E-state index contributed by atoms with van der Waals surface area (Å²) < 4.78 is 9.45. The molecule has 3 rings (SSSR count). The number of ether oxygens (including phenoxy) is 2. The van der Waals surface area contributed by atoms with Gasteiger partial charge in [0.25, 0.3) is 0 Å². The van der Waals surface area contributed by atoms with Crippen molar-refractivity contribution in [2.45, 2.75) is 31.8 Å². The number of halogens is 1. The van der Waals surface area contributed by atoms with E-state index in [0.717, 1.165) is 15.9 Å². The molecule has 0 aliphatic rings. The zero-order chi connectivity index (χ0) is 35.7. The molecule has 11 nitrogen and oxygen atoms in total. The van der Waals surface area contributed by atoms with Gasteiger partial charge >= 0.3 is 253 Å². The van der Waals surface area contributed by atoms with Crippen molar-refractivity contribution in [1.29, 1.82) is 0 Å². The number of esters is 2. The van der Waals surface area contributed by atoms with Crippen molar-refractivity contribution < 1.29 is 33.4 Å². The van der Waals surface area contributed by atoms with E-state index in [1.54, 1.807) is 6.92 Å². The molecule has 0 heterocycles. The number of carbonyl (C=O) groups is 5. The van der Waals surface area contributed by atoms with Gasteiger partial charge < -0.3 is 15.2 Å². The van der Waals surface area contributed by atoms with Crippen molar-refractivity contribution in [2.75, 3.05) is 38.1 Å². The third kappa shape index (κ3) is 11.0. The molecule has 264 valence electrons. The summed E-state index contributed by atoms with van der Waals surface area (Å²) in [5.74, 6) is -2.42. The summed E-state index contributed by atoms with van der Waals surface area (Å²) >= 11 is 4.31. The van der Waals surface area contributed by atoms with Crippen LogP contribution in [0.5, 0.6) is 0 Å². The van der Waals surface area contributed by atoms with E-state index in [1.165, 1.54) is 28.7 Å². The van der Waals surface area contributed by atoms with Gasteiger partial charge in [0.1, 0.15) is 6.04 Å². The minimum Gasteiger partial charge on any atom is -0.468 e. The molecular weight excluding hydrogens is 751 g/mol. The molecule has 0 radical (unpaired) electrons. The predicted octanol–water partition coefficient (Wildman–Crippen LogP) is 2.73. The predicted molar refractivity (Wildman–Crippen MR) is 203 cm³/mol. The Morgan fingerprint density at radius 2 is 1.35 bits per heavy atom. The van der Waals surface area contributed by atoms with Gasteiger partial charge in [-0.1, -0.05) is 0 Å². The Morgan fingerprint density at radius 3 is 1.84 bits per heavy atom. The minimum atomic E-state index is -3.37. The fourth-order valence-corrected chi connectivity index (χ4v) is 13.8. The molecule has 3 aromatic carbocycles. The average Bonchev–Trinajstić information content (AvgIpc) is 3.14. The van der Waals surface area contributed by atoms with Crippen molar-refractivity contribution in [1.82, 2.24) is 16.0 Å². The number of hydrogen-bond donors (Lipinski definition) is 4. The molecule has 15 heteroatoms. The van der Waals surface area contributed by atoms with Crippen LogP contribution in [0.4, 0.5) is 0 Å². The average molecular weight is 794 g/mol. The summed E-state index contributed by atoms with van der Waals surface area (Å²) in [6, 6.07) is 28.3. The smallest absolute Gasteiger partial charge is 0.468 e. The quantitative estimate of drug-likeness (QED) is 0.0614. The van der Waals surface area contributed by atoms with E-state index in [4.69, 9.17) is 10.5 Å². The molecule has 2 unspecified atom stereocenters. The second-order valence-electron chi connectivity index (χ2n) is 10.8. The van der Waals surface area contributed by atoms with Gasteiger partial charge in [-0.25, -0.2) is 0 Å². The van der Waals surface area contributed by atoms with Gasteiger partial charge in [0.15, 0.2) is 0 Å². The van der Waals surface area contributed by atoms with Crippen molar-refractivity contribution in [2.24, 2.45) is 5.73 Å². The van der Waals surface area contributed by atoms with E-state index in [1.807, 2.05) is 54.6 Å². The molecule has 0 aliphatic heterocycles. The van der Waals surface area contributed by atoms with Crippen molar-refractivity contribution in [3.05, 3.63) is 91.0 Å². The van der Waals surface area contributed by atoms with Crippen LogP contribution in [0.25, 0.3) is 0 Å². The number of methoxy groups -OCH3 is 1. The molecule has 49 heavy (non-hydrogen) atoms. The molecule has 0 saturated carbocycles. The van der Waals surface area contributed by atoms with Gasteiger partial charge in [-0.3, -0.25) is 9.59 Å². The summed E-state index contributed by atoms with van der Waals surface area (Å²) in [6.45, 7) is 1.44. The molecule has 3 aromatic rings. The molecule has 0 spiro atoms. The van der Waals surface area contributed by atoms with Crippen molar-refractivity contribution >= 4 is 88.0 Å². The maximum absolute atomic E-state index is 13.4. The molecular formula is C34H42BrN4O7PS2. The maximum atomic E-state index is 13.4. The van der Waals surface area contributed by atoms with E-state index in [2.05, 4.69) is 72.6 Å². The SMILES string of the molecule is CCOC(=O)CNC(=O)C(CSSCC(=O)NCP(Br)(c1ccccc1)(c1ccccc1)c1ccccc1)NC(=O)CCC(N)C(=O)OC. The molecule has 0 saturated heterocycles. The summed E-state index contributed by atoms with van der Waals surface area (Å²) in [5, 5.41) is 8.10. The van der Waals surface area contributed by atoms with Crippen LogP contribution >= 0.6 is 42.4 Å². The van der Waals surface area contributed by atoms with Crippen LogP contribution in [0.2, 0.25) is 0 Å². The first-order chi connectivity index (χ1) is 23.5. The summed E-state index contributed by atoms with van der Waals surface area (Å²) in [7, 11) is 3.65. The van der Waals surface area contributed by atoms with Gasteiger partial charge in [-0.05, 0) is 6.92 Å². The molecule has 2 atom stereocenters. The Morgan fingerprint density at radius 1 is 0.816 bits per heavy atom. The fourth-order valence-electron chi connectivity index (χ4n) is 4.94. The van der Waals surface area contributed by atoms with Gasteiger partial charge in [0, 0.05) is 0 Å². The van der Waals surface area contributed by atoms with Gasteiger partial charge in [0.05, 0.1) is 13.7 Å². The Balaban J connectivity index is 1.69. The molecule has 0 bridgehead atoms. The van der Waals surface area contributed by atoms with Crippen molar-refractivity contribution in [3.8, 4) is 0 Å². The molecule has 0 fully saturated rings. The summed E-state index contributed by atoms with van der Waals surface area (Å²) in [5.41, 5.74) is 5.73. The number of rotatable bonds is 19. The molecule has 3 amide bonds.